The van der Waals surface area contributed by atoms with E-state index in [2.05, 4.69) is 5.32 Å². The molecule has 0 saturated heterocycles. The third kappa shape index (κ3) is 4.33. The van der Waals surface area contributed by atoms with Gasteiger partial charge < -0.3 is 5.32 Å². The molecule has 0 radical (unpaired) electrons. The zero-order chi connectivity index (χ0) is 15.5. The Morgan fingerprint density at radius 2 is 2.05 bits per heavy atom. The maximum Gasteiger partial charge on any atom is 0.262 e. The third-order valence-electron chi connectivity index (χ3n) is 2.63. The summed E-state index contributed by atoms with van der Waals surface area (Å²) in [5.74, 6) is -1.61. The first kappa shape index (κ1) is 17.2. The van der Waals surface area contributed by atoms with Crippen LogP contribution in [0.2, 0.25) is 5.02 Å². The predicted molar refractivity (Wildman–Crippen MR) is 76.3 cm³/mol. The van der Waals surface area contributed by atoms with Crippen LogP contribution in [0.25, 0.3) is 0 Å². The number of benzene rings is 1. The molecule has 8 heteroatoms. The van der Waals surface area contributed by atoms with Crippen molar-refractivity contribution in [3.05, 3.63) is 28.5 Å². The van der Waals surface area contributed by atoms with E-state index in [1.165, 1.54) is 0 Å². The molecule has 112 valence electrons. The molecular formula is C12H14Cl2FNO3S. The van der Waals surface area contributed by atoms with Gasteiger partial charge in [0, 0.05) is 16.7 Å². The first-order valence-corrected chi connectivity index (χ1v) is 8.60. The van der Waals surface area contributed by atoms with Crippen molar-refractivity contribution in [2.75, 3.05) is 0 Å². The van der Waals surface area contributed by atoms with Gasteiger partial charge in [0.2, 0.25) is 0 Å². The average Bonchev–Trinajstić information content (AvgIpc) is 2.26. The van der Waals surface area contributed by atoms with E-state index in [0.717, 1.165) is 25.0 Å². The number of carbonyl (C=O) groups excluding carboxylic acids is 1. The Bertz CT molecular complexity index is 619. The first-order valence-electron chi connectivity index (χ1n) is 5.91. The van der Waals surface area contributed by atoms with Crippen LogP contribution in [0.1, 0.15) is 37.0 Å². The van der Waals surface area contributed by atoms with Crippen LogP contribution < -0.4 is 5.32 Å². The number of hydrogen-bond donors (Lipinski definition) is 1. The van der Waals surface area contributed by atoms with Gasteiger partial charge in [-0.1, -0.05) is 24.9 Å². The van der Waals surface area contributed by atoms with Crippen LogP contribution in [-0.4, -0.2) is 20.4 Å². The molecule has 0 saturated carbocycles. The highest BCUT2D eigenvalue weighted by atomic mass is 35.7. The summed E-state index contributed by atoms with van der Waals surface area (Å²) in [6.07, 6.45) is 1.58. The van der Waals surface area contributed by atoms with Crippen molar-refractivity contribution in [2.45, 2.75) is 37.6 Å². The lowest BCUT2D eigenvalue weighted by Gasteiger charge is -2.13. The molecule has 0 aliphatic rings. The Labute approximate surface area is 126 Å². The lowest BCUT2D eigenvalue weighted by Crippen LogP contribution is -2.33. The lowest BCUT2D eigenvalue weighted by molar-refractivity contribution is 0.0934. The molecular weight excluding hydrogens is 328 g/mol. The van der Waals surface area contributed by atoms with Gasteiger partial charge in [-0.3, -0.25) is 4.79 Å². The Balaban J connectivity index is 3.16. The summed E-state index contributed by atoms with van der Waals surface area (Å²) >= 11 is 5.61. The van der Waals surface area contributed by atoms with E-state index in [-0.39, 0.29) is 11.1 Å². The number of carbonyl (C=O) groups is 1. The summed E-state index contributed by atoms with van der Waals surface area (Å²) in [5.41, 5.74) is -0.406. The van der Waals surface area contributed by atoms with Crippen LogP contribution >= 0.6 is 22.3 Å². The summed E-state index contributed by atoms with van der Waals surface area (Å²) in [4.78, 5) is 11.4. The van der Waals surface area contributed by atoms with Gasteiger partial charge in [-0.15, -0.1) is 0 Å². The summed E-state index contributed by atoms with van der Waals surface area (Å²) < 4.78 is 36.3. The van der Waals surface area contributed by atoms with Gasteiger partial charge >= 0.3 is 0 Å². The van der Waals surface area contributed by atoms with Gasteiger partial charge in [0.1, 0.15) is 10.7 Å². The molecule has 1 atom stereocenters. The van der Waals surface area contributed by atoms with Crippen molar-refractivity contribution in [1.29, 1.82) is 0 Å². The normalized spacial score (nSPS) is 13.1. The van der Waals surface area contributed by atoms with Crippen LogP contribution in [0.4, 0.5) is 4.39 Å². The number of hydrogen-bond acceptors (Lipinski definition) is 3. The van der Waals surface area contributed by atoms with Crippen LogP contribution in [0, 0.1) is 5.82 Å². The molecule has 0 aliphatic heterocycles. The fourth-order valence-corrected chi connectivity index (χ4v) is 3.20. The van der Waals surface area contributed by atoms with Crippen molar-refractivity contribution >= 4 is 37.2 Å². The van der Waals surface area contributed by atoms with E-state index in [4.69, 9.17) is 22.3 Å². The average molecular weight is 342 g/mol. The molecule has 0 aromatic heterocycles. The van der Waals surface area contributed by atoms with Crippen LogP contribution in [0.5, 0.6) is 0 Å². The quantitative estimate of drug-likeness (QED) is 0.835. The second-order valence-electron chi connectivity index (χ2n) is 4.36. The van der Waals surface area contributed by atoms with E-state index in [1.54, 1.807) is 6.92 Å². The number of halogens is 3. The van der Waals surface area contributed by atoms with Crippen molar-refractivity contribution in [3.8, 4) is 0 Å². The van der Waals surface area contributed by atoms with Crippen molar-refractivity contribution in [1.82, 2.24) is 5.32 Å². The fourth-order valence-electron chi connectivity index (χ4n) is 1.70. The van der Waals surface area contributed by atoms with E-state index < -0.39 is 31.2 Å². The molecule has 1 amide bonds. The SMILES string of the molecule is CCCC(C)NC(=O)c1cc(S(=O)(=O)Cl)c(Cl)cc1F. The lowest BCUT2D eigenvalue weighted by atomic mass is 10.1. The molecule has 0 aliphatic carbocycles. The van der Waals surface area contributed by atoms with Gasteiger partial charge in [0.15, 0.2) is 0 Å². The van der Waals surface area contributed by atoms with Gasteiger partial charge in [-0.05, 0) is 25.5 Å². The second kappa shape index (κ2) is 6.74. The van der Waals surface area contributed by atoms with E-state index >= 15 is 0 Å². The number of rotatable bonds is 5. The molecule has 0 spiro atoms. The van der Waals surface area contributed by atoms with E-state index in [9.17, 15) is 17.6 Å². The maximum atomic E-state index is 13.7. The third-order valence-corrected chi connectivity index (χ3v) is 4.41. The molecule has 1 unspecified atom stereocenters. The Morgan fingerprint density at radius 3 is 2.55 bits per heavy atom. The molecule has 1 aromatic carbocycles. The topological polar surface area (TPSA) is 63.2 Å². The van der Waals surface area contributed by atoms with Crippen LogP contribution in [-0.2, 0) is 9.05 Å². The summed E-state index contributed by atoms with van der Waals surface area (Å²) in [6, 6.07) is 1.45. The largest absolute Gasteiger partial charge is 0.349 e. The molecule has 0 bridgehead atoms. The van der Waals surface area contributed by atoms with Crippen molar-refractivity contribution < 1.29 is 17.6 Å². The van der Waals surface area contributed by atoms with Gasteiger partial charge in [0.25, 0.3) is 15.0 Å². The van der Waals surface area contributed by atoms with Crippen molar-refractivity contribution in [2.24, 2.45) is 0 Å². The summed E-state index contributed by atoms with van der Waals surface area (Å²) in [5, 5.41) is 2.21. The van der Waals surface area contributed by atoms with E-state index in [1.807, 2.05) is 6.92 Å². The minimum atomic E-state index is -4.15. The highest BCUT2D eigenvalue weighted by Gasteiger charge is 2.22. The monoisotopic (exact) mass is 341 g/mol. The minimum Gasteiger partial charge on any atom is -0.349 e. The minimum absolute atomic E-state index is 0.154. The second-order valence-corrected chi connectivity index (χ2v) is 7.31. The van der Waals surface area contributed by atoms with Crippen LogP contribution in [0.3, 0.4) is 0 Å². The molecule has 1 rings (SSSR count). The molecule has 0 heterocycles. The Morgan fingerprint density at radius 1 is 1.45 bits per heavy atom. The molecule has 20 heavy (non-hydrogen) atoms. The van der Waals surface area contributed by atoms with E-state index in [0.29, 0.717) is 0 Å². The predicted octanol–water partition coefficient (Wildman–Crippen LogP) is 3.33. The van der Waals surface area contributed by atoms with Crippen LogP contribution in [0.15, 0.2) is 17.0 Å². The first-order chi connectivity index (χ1) is 9.16. The molecule has 1 N–H and O–H groups in total. The number of nitrogens with one attached hydrogen (secondary N) is 1. The Kier molecular flexibility index (Phi) is 5.79. The van der Waals surface area contributed by atoms with Crippen molar-refractivity contribution in [3.63, 3.8) is 0 Å². The number of amides is 1. The smallest absolute Gasteiger partial charge is 0.262 e. The highest BCUT2D eigenvalue weighted by Crippen LogP contribution is 2.27. The van der Waals surface area contributed by atoms with Gasteiger partial charge in [-0.25, -0.2) is 12.8 Å². The zero-order valence-electron chi connectivity index (χ0n) is 10.9. The van der Waals surface area contributed by atoms with Gasteiger partial charge in [0.05, 0.1) is 10.6 Å². The molecule has 0 fully saturated rings. The summed E-state index contributed by atoms with van der Waals surface area (Å²) in [7, 11) is 1.03. The highest BCUT2D eigenvalue weighted by molar-refractivity contribution is 8.13. The Hall–Kier alpha value is -0.850. The molecule has 1 aromatic rings. The zero-order valence-corrected chi connectivity index (χ0v) is 13.2. The summed E-state index contributed by atoms with van der Waals surface area (Å²) in [6.45, 7) is 3.72. The maximum absolute atomic E-state index is 13.7. The van der Waals surface area contributed by atoms with Gasteiger partial charge in [-0.2, -0.15) is 0 Å². The standard InChI is InChI=1S/C12H14Cl2FNO3S/c1-3-4-7(2)16-12(17)8-5-11(20(14,18)19)9(13)6-10(8)15/h5-7H,3-4H2,1-2H3,(H,16,17). The fraction of sp³-hybridized carbons (Fsp3) is 0.417. The molecule has 4 nitrogen and oxygen atoms in total.